The van der Waals surface area contributed by atoms with Gasteiger partial charge in [-0.15, -0.1) is 0 Å². The maximum Gasteiger partial charge on any atom is 0.137 e. The summed E-state index contributed by atoms with van der Waals surface area (Å²) in [7, 11) is 2.00. The van der Waals surface area contributed by atoms with Crippen LogP contribution in [0.5, 0.6) is 0 Å². The zero-order valence-electron chi connectivity index (χ0n) is 11.4. The molecule has 1 atom stereocenters. The molecule has 0 radical (unpaired) electrons. The molecule has 0 heterocycles. The molecule has 0 amide bonds. The van der Waals surface area contributed by atoms with Gasteiger partial charge in [0, 0.05) is 19.1 Å². The van der Waals surface area contributed by atoms with E-state index in [0.717, 1.165) is 12.1 Å². The Hall–Kier alpha value is -1.23. The average molecular weight is 337 g/mol. The van der Waals surface area contributed by atoms with E-state index in [9.17, 15) is 4.39 Å². The first-order valence-electron chi connectivity index (χ1n) is 6.51. The number of halogens is 2. The summed E-state index contributed by atoms with van der Waals surface area (Å²) in [5.74, 6) is -0.255. The first kappa shape index (κ1) is 15.2. The quantitative estimate of drug-likeness (QED) is 0.901. The van der Waals surface area contributed by atoms with Gasteiger partial charge in [-0.25, -0.2) is 4.39 Å². The van der Waals surface area contributed by atoms with Crippen molar-refractivity contribution in [3.05, 3.63) is 69.9 Å². The first-order valence-corrected chi connectivity index (χ1v) is 7.30. The minimum atomic E-state index is -0.255. The molecule has 2 aromatic rings. The van der Waals surface area contributed by atoms with Crippen LogP contribution in [0, 0.1) is 5.82 Å². The number of likely N-dealkylation sites (N-methyl/N-ethyl adjacent to an activating group) is 1. The second-order valence-corrected chi connectivity index (χ2v) is 5.68. The van der Waals surface area contributed by atoms with Crippen molar-refractivity contribution in [3.8, 4) is 0 Å². The lowest BCUT2D eigenvalue weighted by atomic mass is 10.0. The predicted octanol–water partition coefficient (Wildman–Crippen LogP) is 3.72. The fraction of sp³-hybridized carbons (Fsp3) is 0.250. The molecule has 0 aliphatic heterocycles. The number of hydrogen-bond donors (Lipinski definition) is 1. The summed E-state index contributed by atoms with van der Waals surface area (Å²) in [5.41, 5.74) is 7.98. The van der Waals surface area contributed by atoms with E-state index in [1.165, 1.54) is 5.56 Å². The number of hydrogen-bond acceptors (Lipinski definition) is 2. The van der Waals surface area contributed by atoms with Crippen molar-refractivity contribution in [1.82, 2.24) is 4.90 Å². The summed E-state index contributed by atoms with van der Waals surface area (Å²) in [5, 5.41) is 0. The van der Waals surface area contributed by atoms with Gasteiger partial charge in [-0.05, 0) is 46.2 Å². The van der Waals surface area contributed by atoms with Crippen LogP contribution in [-0.2, 0) is 6.54 Å². The highest BCUT2D eigenvalue weighted by Crippen LogP contribution is 2.24. The molecule has 0 saturated carbocycles. The van der Waals surface area contributed by atoms with Gasteiger partial charge in [0.05, 0.1) is 4.47 Å². The Labute approximate surface area is 127 Å². The monoisotopic (exact) mass is 336 g/mol. The standard InChI is InChI=1S/C16H18BrFN2/c1-20(11-12-5-3-2-4-6-12)16(10-19)13-7-8-14(17)15(18)9-13/h2-9,16H,10-11,19H2,1H3. The summed E-state index contributed by atoms with van der Waals surface area (Å²) in [4.78, 5) is 2.14. The average Bonchev–Trinajstić information content (AvgIpc) is 2.44. The first-order chi connectivity index (χ1) is 9.61. The summed E-state index contributed by atoms with van der Waals surface area (Å²) in [6.07, 6.45) is 0. The summed E-state index contributed by atoms with van der Waals surface area (Å²) >= 11 is 3.17. The molecule has 1 unspecified atom stereocenters. The Morgan fingerprint density at radius 3 is 2.50 bits per heavy atom. The van der Waals surface area contributed by atoms with Crippen molar-refractivity contribution >= 4 is 15.9 Å². The molecule has 0 aliphatic rings. The summed E-state index contributed by atoms with van der Waals surface area (Å²) < 4.78 is 14.1. The van der Waals surface area contributed by atoms with Gasteiger partial charge in [0.2, 0.25) is 0 Å². The van der Waals surface area contributed by atoms with E-state index < -0.39 is 0 Å². The SMILES string of the molecule is CN(Cc1ccccc1)C(CN)c1ccc(Br)c(F)c1. The van der Waals surface area contributed by atoms with E-state index in [1.807, 2.05) is 31.3 Å². The third-order valence-corrected chi connectivity index (χ3v) is 4.00. The molecule has 106 valence electrons. The maximum absolute atomic E-state index is 13.7. The van der Waals surface area contributed by atoms with Gasteiger partial charge in [0.1, 0.15) is 5.82 Å². The Morgan fingerprint density at radius 2 is 1.90 bits per heavy atom. The molecule has 20 heavy (non-hydrogen) atoms. The van der Waals surface area contributed by atoms with Gasteiger partial charge in [-0.1, -0.05) is 36.4 Å². The Kier molecular flexibility index (Phi) is 5.29. The minimum Gasteiger partial charge on any atom is -0.329 e. The van der Waals surface area contributed by atoms with Crippen LogP contribution < -0.4 is 5.73 Å². The Morgan fingerprint density at radius 1 is 1.20 bits per heavy atom. The lowest BCUT2D eigenvalue weighted by molar-refractivity contribution is 0.241. The van der Waals surface area contributed by atoms with Crippen LogP contribution >= 0.6 is 15.9 Å². The molecule has 2 nitrogen and oxygen atoms in total. The second kappa shape index (κ2) is 6.97. The topological polar surface area (TPSA) is 29.3 Å². The molecule has 0 saturated heterocycles. The molecule has 4 heteroatoms. The van der Waals surface area contributed by atoms with E-state index in [1.54, 1.807) is 12.1 Å². The van der Waals surface area contributed by atoms with Crippen molar-refractivity contribution in [3.63, 3.8) is 0 Å². The lowest BCUT2D eigenvalue weighted by Gasteiger charge is -2.27. The molecule has 0 fully saturated rings. The Bertz CT molecular complexity index is 560. The molecule has 0 bridgehead atoms. The molecule has 2 aromatic carbocycles. The van der Waals surface area contributed by atoms with E-state index in [-0.39, 0.29) is 11.9 Å². The van der Waals surface area contributed by atoms with Crippen LogP contribution in [0.1, 0.15) is 17.2 Å². The number of nitrogens with zero attached hydrogens (tertiary/aromatic N) is 1. The molecular formula is C16H18BrFN2. The summed E-state index contributed by atoms with van der Waals surface area (Å²) in [6, 6.07) is 15.4. The van der Waals surface area contributed by atoms with E-state index in [4.69, 9.17) is 5.73 Å². The second-order valence-electron chi connectivity index (χ2n) is 4.83. The van der Waals surface area contributed by atoms with Gasteiger partial charge >= 0.3 is 0 Å². The van der Waals surface area contributed by atoms with Crippen LogP contribution in [0.2, 0.25) is 0 Å². The zero-order chi connectivity index (χ0) is 14.5. The van der Waals surface area contributed by atoms with Crippen molar-refractivity contribution < 1.29 is 4.39 Å². The molecular weight excluding hydrogens is 319 g/mol. The zero-order valence-corrected chi connectivity index (χ0v) is 13.0. The molecule has 0 aliphatic carbocycles. The largest absolute Gasteiger partial charge is 0.329 e. The van der Waals surface area contributed by atoms with Crippen molar-refractivity contribution in [2.45, 2.75) is 12.6 Å². The van der Waals surface area contributed by atoms with Crippen molar-refractivity contribution in [2.75, 3.05) is 13.6 Å². The third-order valence-electron chi connectivity index (χ3n) is 3.36. The number of nitrogens with two attached hydrogens (primary N) is 1. The Balaban J connectivity index is 2.16. The summed E-state index contributed by atoms with van der Waals surface area (Å²) in [6.45, 7) is 1.23. The van der Waals surface area contributed by atoms with Gasteiger partial charge in [-0.3, -0.25) is 4.90 Å². The van der Waals surface area contributed by atoms with E-state index in [0.29, 0.717) is 11.0 Å². The highest BCUT2D eigenvalue weighted by Gasteiger charge is 2.17. The van der Waals surface area contributed by atoms with Crippen LogP contribution in [0.15, 0.2) is 53.0 Å². The van der Waals surface area contributed by atoms with Gasteiger partial charge in [-0.2, -0.15) is 0 Å². The van der Waals surface area contributed by atoms with E-state index in [2.05, 4.69) is 33.0 Å². The normalized spacial score (nSPS) is 12.7. The highest BCUT2D eigenvalue weighted by atomic mass is 79.9. The highest BCUT2D eigenvalue weighted by molar-refractivity contribution is 9.10. The number of rotatable bonds is 5. The fourth-order valence-electron chi connectivity index (χ4n) is 2.27. The molecule has 0 aromatic heterocycles. The molecule has 0 spiro atoms. The fourth-order valence-corrected chi connectivity index (χ4v) is 2.52. The molecule has 2 rings (SSSR count). The van der Waals surface area contributed by atoms with Crippen molar-refractivity contribution in [1.29, 1.82) is 0 Å². The van der Waals surface area contributed by atoms with Gasteiger partial charge in [0.25, 0.3) is 0 Å². The number of benzene rings is 2. The van der Waals surface area contributed by atoms with Gasteiger partial charge in [0.15, 0.2) is 0 Å². The van der Waals surface area contributed by atoms with Crippen LogP contribution in [0.3, 0.4) is 0 Å². The third kappa shape index (κ3) is 3.66. The van der Waals surface area contributed by atoms with Crippen molar-refractivity contribution in [2.24, 2.45) is 5.73 Å². The van der Waals surface area contributed by atoms with Crippen LogP contribution in [0.4, 0.5) is 4.39 Å². The lowest BCUT2D eigenvalue weighted by Crippen LogP contribution is -2.30. The van der Waals surface area contributed by atoms with Crippen LogP contribution in [0.25, 0.3) is 0 Å². The molecule has 2 N–H and O–H groups in total. The van der Waals surface area contributed by atoms with Gasteiger partial charge < -0.3 is 5.73 Å². The maximum atomic E-state index is 13.7. The minimum absolute atomic E-state index is 0.00203. The smallest absolute Gasteiger partial charge is 0.137 e. The van der Waals surface area contributed by atoms with E-state index >= 15 is 0 Å². The predicted molar refractivity (Wildman–Crippen MR) is 83.8 cm³/mol. The van der Waals surface area contributed by atoms with Crippen LogP contribution in [-0.4, -0.2) is 18.5 Å².